The number of benzene rings is 2. The van der Waals surface area contributed by atoms with Crippen molar-refractivity contribution in [1.29, 1.82) is 0 Å². The van der Waals surface area contributed by atoms with E-state index in [0.29, 0.717) is 30.3 Å². The number of nitrogens with zero attached hydrogens (tertiary/aromatic N) is 2. The van der Waals surface area contributed by atoms with Gasteiger partial charge < -0.3 is 9.64 Å². The number of carbonyl (C=O) groups is 1. The van der Waals surface area contributed by atoms with Gasteiger partial charge in [0.05, 0.1) is 23.5 Å². The molecular weight excluding hydrogens is 360 g/mol. The molecule has 0 spiro atoms. The quantitative estimate of drug-likeness (QED) is 0.626. The number of rotatable bonds is 6. The Hall–Kier alpha value is -2.59. The lowest BCUT2D eigenvalue weighted by atomic mass is 9.99. The van der Waals surface area contributed by atoms with Crippen molar-refractivity contribution < 1.29 is 9.53 Å². The molecule has 0 atom stereocenters. The number of aromatic nitrogens is 1. The highest BCUT2D eigenvalue weighted by molar-refractivity contribution is 6.32. The zero-order chi connectivity index (χ0) is 19.4. The smallest absolute Gasteiger partial charge is 0.226 e. The van der Waals surface area contributed by atoms with Gasteiger partial charge in [-0.1, -0.05) is 41.9 Å². The first kappa shape index (κ1) is 19.2. The molecule has 5 heteroatoms. The maximum absolute atomic E-state index is 12.7. The van der Waals surface area contributed by atoms with Gasteiger partial charge in [-0.2, -0.15) is 0 Å². The Kier molecular flexibility index (Phi) is 5.97. The molecule has 1 amide bonds. The molecule has 0 N–H and O–H groups in total. The predicted molar refractivity (Wildman–Crippen MR) is 110 cm³/mol. The Bertz CT molecular complexity index is 972. The number of fused-ring (bicyclic) bond motifs is 1. The third kappa shape index (κ3) is 4.40. The van der Waals surface area contributed by atoms with Crippen molar-refractivity contribution in [2.45, 2.75) is 20.3 Å². The molecule has 0 saturated heterocycles. The molecule has 0 aliphatic heterocycles. The number of para-hydroxylation sites is 2. The fraction of sp³-hybridized carbons (Fsp3) is 0.273. The maximum Gasteiger partial charge on any atom is 0.226 e. The van der Waals surface area contributed by atoms with Crippen molar-refractivity contribution in [1.82, 2.24) is 9.88 Å². The molecule has 1 heterocycles. The Morgan fingerprint density at radius 3 is 2.59 bits per heavy atom. The van der Waals surface area contributed by atoms with E-state index in [1.807, 2.05) is 49.4 Å². The van der Waals surface area contributed by atoms with E-state index >= 15 is 0 Å². The second-order valence-corrected chi connectivity index (χ2v) is 7.00. The fourth-order valence-electron chi connectivity index (χ4n) is 3.10. The van der Waals surface area contributed by atoms with Crippen LogP contribution in [0.5, 0.6) is 5.75 Å². The predicted octanol–water partition coefficient (Wildman–Crippen LogP) is 4.58. The molecule has 2 aromatic carbocycles. The van der Waals surface area contributed by atoms with Crippen molar-refractivity contribution in [3.8, 4) is 5.75 Å². The lowest BCUT2D eigenvalue weighted by molar-refractivity contribution is -0.129. The highest BCUT2D eigenvalue weighted by Crippen LogP contribution is 2.24. The van der Waals surface area contributed by atoms with Crippen molar-refractivity contribution in [3.05, 3.63) is 70.4 Å². The Labute approximate surface area is 164 Å². The first-order chi connectivity index (χ1) is 13.0. The summed E-state index contributed by atoms with van der Waals surface area (Å²) in [6.07, 6.45) is 0.331. The summed E-state index contributed by atoms with van der Waals surface area (Å²) in [5.74, 6) is 0.673. The van der Waals surface area contributed by atoms with Gasteiger partial charge in [0.25, 0.3) is 0 Å². The van der Waals surface area contributed by atoms with E-state index in [0.717, 1.165) is 27.7 Å². The molecule has 140 valence electrons. The summed E-state index contributed by atoms with van der Waals surface area (Å²) in [7, 11) is 1.79. The zero-order valence-electron chi connectivity index (χ0n) is 15.8. The van der Waals surface area contributed by atoms with Crippen molar-refractivity contribution in [2.24, 2.45) is 0 Å². The van der Waals surface area contributed by atoms with E-state index in [9.17, 15) is 4.79 Å². The molecule has 27 heavy (non-hydrogen) atoms. The van der Waals surface area contributed by atoms with Crippen LogP contribution in [0.2, 0.25) is 5.02 Å². The van der Waals surface area contributed by atoms with E-state index in [1.54, 1.807) is 18.0 Å². The molecule has 0 aliphatic carbocycles. The van der Waals surface area contributed by atoms with Gasteiger partial charge in [0.15, 0.2) is 0 Å². The summed E-state index contributed by atoms with van der Waals surface area (Å²) in [5.41, 5.74) is 3.98. The Balaban J connectivity index is 1.64. The fourth-order valence-corrected chi connectivity index (χ4v) is 3.29. The standard InChI is InChI=1S/C22H23ClN2O2/c1-15-17-8-4-6-10-20(17)24-16(2)18(15)14-22(26)25(3)12-13-27-21-11-7-5-9-19(21)23/h4-11H,12-14H2,1-3H3. The number of amides is 1. The zero-order valence-corrected chi connectivity index (χ0v) is 16.6. The van der Waals surface area contributed by atoms with Crippen LogP contribution in [0.1, 0.15) is 16.8 Å². The summed E-state index contributed by atoms with van der Waals surface area (Å²) in [6.45, 7) is 4.89. The molecule has 0 saturated carbocycles. The van der Waals surface area contributed by atoms with Crippen molar-refractivity contribution in [3.63, 3.8) is 0 Å². The average molecular weight is 383 g/mol. The first-order valence-electron chi connectivity index (χ1n) is 8.93. The van der Waals surface area contributed by atoms with Crippen LogP contribution in [0.4, 0.5) is 0 Å². The normalized spacial score (nSPS) is 10.8. The van der Waals surface area contributed by atoms with E-state index in [1.165, 1.54) is 0 Å². The second-order valence-electron chi connectivity index (χ2n) is 6.59. The minimum absolute atomic E-state index is 0.0426. The summed E-state index contributed by atoms with van der Waals surface area (Å²) in [4.78, 5) is 19.0. The van der Waals surface area contributed by atoms with Gasteiger partial charge in [0.2, 0.25) is 5.91 Å². The van der Waals surface area contributed by atoms with Gasteiger partial charge in [0.1, 0.15) is 12.4 Å². The van der Waals surface area contributed by atoms with Gasteiger partial charge in [-0.05, 0) is 43.2 Å². The van der Waals surface area contributed by atoms with Crippen LogP contribution in [0.3, 0.4) is 0 Å². The summed E-state index contributed by atoms with van der Waals surface area (Å²) in [6, 6.07) is 15.3. The Morgan fingerprint density at radius 2 is 1.81 bits per heavy atom. The van der Waals surface area contributed by atoms with E-state index in [2.05, 4.69) is 11.9 Å². The molecule has 0 fully saturated rings. The van der Waals surface area contributed by atoms with E-state index in [4.69, 9.17) is 16.3 Å². The molecule has 1 aromatic heterocycles. The van der Waals surface area contributed by atoms with E-state index < -0.39 is 0 Å². The summed E-state index contributed by atoms with van der Waals surface area (Å²) >= 11 is 6.08. The number of pyridine rings is 1. The average Bonchev–Trinajstić information content (AvgIpc) is 2.66. The molecule has 3 rings (SSSR count). The summed E-state index contributed by atoms with van der Waals surface area (Å²) in [5, 5.41) is 1.66. The number of aryl methyl sites for hydroxylation is 2. The van der Waals surface area contributed by atoms with Crippen LogP contribution in [-0.2, 0) is 11.2 Å². The van der Waals surface area contributed by atoms with Gasteiger partial charge in [0, 0.05) is 18.1 Å². The number of ether oxygens (including phenoxy) is 1. The number of hydrogen-bond acceptors (Lipinski definition) is 3. The molecule has 3 aromatic rings. The molecule has 0 aliphatic rings. The molecular formula is C22H23ClN2O2. The van der Waals surface area contributed by atoms with Crippen LogP contribution in [0.25, 0.3) is 10.9 Å². The summed E-state index contributed by atoms with van der Waals surface area (Å²) < 4.78 is 5.67. The molecule has 0 bridgehead atoms. The van der Waals surface area contributed by atoms with Crippen molar-refractivity contribution in [2.75, 3.05) is 20.2 Å². The maximum atomic E-state index is 12.7. The number of hydrogen-bond donors (Lipinski definition) is 0. The van der Waals surface area contributed by atoms with Crippen LogP contribution >= 0.6 is 11.6 Å². The van der Waals surface area contributed by atoms with Crippen LogP contribution in [0.15, 0.2) is 48.5 Å². The lowest BCUT2D eigenvalue weighted by Crippen LogP contribution is -2.32. The van der Waals surface area contributed by atoms with Gasteiger partial charge in [-0.15, -0.1) is 0 Å². The first-order valence-corrected chi connectivity index (χ1v) is 9.31. The van der Waals surface area contributed by atoms with Crippen LogP contribution in [0, 0.1) is 13.8 Å². The highest BCUT2D eigenvalue weighted by Gasteiger charge is 2.16. The largest absolute Gasteiger partial charge is 0.490 e. The van der Waals surface area contributed by atoms with E-state index in [-0.39, 0.29) is 5.91 Å². The third-order valence-corrected chi connectivity index (χ3v) is 5.07. The van der Waals surface area contributed by atoms with Gasteiger partial charge in [-0.3, -0.25) is 9.78 Å². The lowest BCUT2D eigenvalue weighted by Gasteiger charge is -2.19. The third-order valence-electron chi connectivity index (χ3n) is 4.76. The van der Waals surface area contributed by atoms with Crippen LogP contribution in [-0.4, -0.2) is 36.0 Å². The molecule has 0 unspecified atom stereocenters. The number of carbonyl (C=O) groups excluding carboxylic acids is 1. The number of halogens is 1. The Morgan fingerprint density at radius 1 is 1.11 bits per heavy atom. The second kappa shape index (κ2) is 8.40. The van der Waals surface area contributed by atoms with Crippen LogP contribution < -0.4 is 4.74 Å². The minimum atomic E-state index is 0.0426. The SMILES string of the molecule is Cc1nc2ccccc2c(C)c1CC(=O)N(C)CCOc1ccccc1Cl. The minimum Gasteiger partial charge on any atom is -0.490 e. The van der Waals surface area contributed by atoms with Gasteiger partial charge >= 0.3 is 0 Å². The van der Waals surface area contributed by atoms with Gasteiger partial charge in [-0.25, -0.2) is 0 Å². The monoisotopic (exact) mass is 382 g/mol. The van der Waals surface area contributed by atoms with Crippen molar-refractivity contribution >= 4 is 28.4 Å². The highest BCUT2D eigenvalue weighted by atomic mass is 35.5. The topological polar surface area (TPSA) is 42.4 Å². The molecule has 4 nitrogen and oxygen atoms in total. The molecule has 0 radical (unpaired) electrons. The number of likely N-dealkylation sites (N-methyl/N-ethyl adjacent to an activating group) is 1.